The topological polar surface area (TPSA) is 93.1 Å². The molecule has 0 spiro atoms. The first-order valence-electron chi connectivity index (χ1n) is 9.91. The van der Waals surface area contributed by atoms with Crippen molar-refractivity contribution < 1.29 is 13.2 Å². The number of amides is 1. The number of aryl methyl sites for hydroxylation is 2. The Bertz CT molecular complexity index is 1220. The maximum atomic E-state index is 13.2. The van der Waals surface area contributed by atoms with E-state index >= 15 is 0 Å². The summed E-state index contributed by atoms with van der Waals surface area (Å²) in [6.07, 6.45) is 5.13. The molecule has 1 heterocycles. The van der Waals surface area contributed by atoms with Crippen LogP contribution in [0.2, 0.25) is 5.02 Å². The molecule has 7 nitrogen and oxygen atoms in total. The predicted molar refractivity (Wildman–Crippen MR) is 118 cm³/mol. The van der Waals surface area contributed by atoms with Crippen molar-refractivity contribution in [1.29, 1.82) is 0 Å². The molecule has 0 aliphatic heterocycles. The predicted octanol–water partition coefficient (Wildman–Crippen LogP) is 3.34. The van der Waals surface area contributed by atoms with Gasteiger partial charge in [0, 0.05) is 36.1 Å². The van der Waals surface area contributed by atoms with Gasteiger partial charge < -0.3 is 9.88 Å². The highest BCUT2D eigenvalue weighted by Crippen LogP contribution is 2.25. The standard InChI is InChI=1S/C22H23ClN4O3S/c1-14-3-10-18(31(29,30)26-17-8-9-17)13-19(14)22(28)25-20(21-24-11-12-27(21)2)15-4-6-16(23)7-5-15/h3-7,10-13,17,20,26H,8-9H2,1-2H3,(H,25,28)/t20-/m0/s1. The molecule has 0 radical (unpaired) electrons. The maximum absolute atomic E-state index is 13.2. The second kappa shape index (κ2) is 8.45. The normalized spacial score (nSPS) is 14.9. The first kappa shape index (κ1) is 21.5. The quantitative estimate of drug-likeness (QED) is 0.567. The molecule has 0 unspecified atom stereocenters. The number of halogens is 1. The number of imidazole rings is 1. The molecular formula is C22H23ClN4O3S. The fourth-order valence-corrected chi connectivity index (χ4v) is 4.77. The van der Waals surface area contributed by atoms with Crippen molar-refractivity contribution in [1.82, 2.24) is 19.6 Å². The number of rotatable bonds is 7. The van der Waals surface area contributed by atoms with E-state index in [1.54, 1.807) is 37.5 Å². The average molecular weight is 459 g/mol. The van der Waals surface area contributed by atoms with Gasteiger partial charge in [0.15, 0.2) is 0 Å². The summed E-state index contributed by atoms with van der Waals surface area (Å²) in [5.41, 5.74) is 1.79. The SMILES string of the molecule is Cc1ccc(S(=O)(=O)NC2CC2)cc1C(=O)N[C@@H](c1ccc(Cl)cc1)c1nccn1C. The number of nitrogens with zero attached hydrogens (tertiary/aromatic N) is 2. The van der Waals surface area contributed by atoms with Crippen LogP contribution in [0.25, 0.3) is 0 Å². The summed E-state index contributed by atoms with van der Waals surface area (Å²) >= 11 is 6.02. The lowest BCUT2D eigenvalue weighted by atomic mass is 10.0. The average Bonchev–Trinajstić information content (AvgIpc) is 3.43. The van der Waals surface area contributed by atoms with Gasteiger partial charge in [-0.1, -0.05) is 29.8 Å². The summed E-state index contributed by atoms with van der Waals surface area (Å²) in [6, 6.07) is 11.2. The van der Waals surface area contributed by atoms with Crippen molar-refractivity contribution in [3.8, 4) is 0 Å². The number of nitrogens with one attached hydrogen (secondary N) is 2. The highest BCUT2D eigenvalue weighted by molar-refractivity contribution is 7.89. The molecule has 1 aromatic heterocycles. The van der Waals surface area contributed by atoms with Gasteiger partial charge in [-0.3, -0.25) is 4.79 Å². The van der Waals surface area contributed by atoms with Gasteiger partial charge >= 0.3 is 0 Å². The summed E-state index contributed by atoms with van der Waals surface area (Å²) < 4.78 is 29.7. The minimum Gasteiger partial charge on any atom is -0.338 e. The second-order valence-corrected chi connectivity index (χ2v) is 9.88. The third-order valence-corrected chi connectivity index (χ3v) is 7.03. The minimum absolute atomic E-state index is 0.0127. The number of hydrogen-bond acceptors (Lipinski definition) is 4. The zero-order valence-electron chi connectivity index (χ0n) is 17.2. The van der Waals surface area contributed by atoms with E-state index in [4.69, 9.17) is 11.6 Å². The second-order valence-electron chi connectivity index (χ2n) is 7.73. The lowest BCUT2D eigenvalue weighted by Gasteiger charge is -2.20. The Kier molecular flexibility index (Phi) is 5.88. The molecule has 162 valence electrons. The van der Waals surface area contributed by atoms with Gasteiger partial charge in [-0.2, -0.15) is 0 Å². The van der Waals surface area contributed by atoms with Crippen molar-refractivity contribution in [3.63, 3.8) is 0 Å². The molecule has 1 amide bonds. The Labute approximate surface area is 186 Å². The summed E-state index contributed by atoms with van der Waals surface area (Å²) in [7, 11) is -1.82. The molecule has 31 heavy (non-hydrogen) atoms. The molecule has 4 rings (SSSR count). The van der Waals surface area contributed by atoms with Crippen molar-refractivity contribution in [2.24, 2.45) is 7.05 Å². The van der Waals surface area contributed by atoms with Crippen molar-refractivity contribution >= 4 is 27.5 Å². The van der Waals surface area contributed by atoms with Crippen LogP contribution in [0.5, 0.6) is 0 Å². The molecule has 2 aromatic carbocycles. The monoisotopic (exact) mass is 458 g/mol. The molecule has 1 fully saturated rings. The van der Waals surface area contributed by atoms with E-state index in [9.17, 15) is 13.2 Å². The molecule has 0 saturated heterocycles. The van der Waals surface area contributed by atoms with Crippen LogP contribution in [0, 0.1) is 6.92 Å². The minimum atomic E-state index is -3.67. The first-order valence-corrected chi connectivity index (χ1v) is 11.8. The molecule has 9 heteroatoms. The van der Waals surface area contributed by atoms with E-state index in [0.717, 1.165) is 18.4 Å². The number of hydrogen-bond donors (Lipinski definition) is 2. The first-order chi connectivity index (χ1) is 14.7. The fraction of sp³-hybridized carbons (Fsp3) is 0.273. The van der Waals surface area contributed by atoms with Crippen LogP contribution in [-0.2, 0) is 17.1 Å². The Hall–Kier alpha value is -2.68. The van der Waals surface area contributed by atoms with Crippen LogP contribution in [0.3, 0.4) is 0 Å². The molecule has 1 aliphatic rings. The summed E-state index contributed by atoms with van der Waals surface area (Å²) in [6.45, 7) is 1.78. The van der Waals surface area contributed by atoms with E-state index in [-0.39, 0.29) is 16.8 Å². The molecule has 1 saturated carbocycles. The molecule has 0 bridgehead atoms. The summed E-state index contributed by atoms with van der Waals surface area (Å²) in [5.74, 6) is 0.261. The fourth-order valence-electron chi connectivity index (χ4n) is 3.32. The van der Waals surface area contributed by atoms with Crippen molar-refractivity contribution in [2.45, 2.75) is 36.7 Å². The van der Waals surface area contributed by atoms with Gasteiger partial charge in [-0.15, -0.1) is 0 Å². The van der Waals surface area contributed by atoms with Crippen LogP contribution in [0.4, 0.5) is 0 Å². The lowest BCUT2D eigenvalue weighted by Crippen LogP contribution is -2.32. The zero-order valence-corrected chi connectivity index (χ0v) is 18.7. The summed E-state index contributed by atoms with van der Waals surface area (Å²) in [4.78, 5) is 17.7. The molecule has 1 aliphatic carbocycles. The van der Waals surface area contributed by atoms with Crippen LogP contribution in [0.15, 0.2) is 59.8 Å². The van der Waals surface area contributed by atoms with Crippen LogP contribution < -0.4 is 10.0 Å². The van der Waals surface area contributed by atoms with Crippen LogP contribution >= 0.6 is 11.6 Å². The highest BCUT2D eigenvalue weighted by atomic mass is 35.5. The van der Waals surface area contributed by atoms with E-state index < -0.39 is 16.1 Å². The number of aromatic nitrogens is 2. The largest absolute Gasteiger partial charge is 0.338 e. The van der Waals surface area contributed by atoms with E-state index in [2.05, 4.69) is 15.0 Å². The number of benzene rings is 2. The third kappa shape index (κ3) is 4.81. The van der Waals surface area contributed by atoms with Gasteiger partial charge in [-0.05, 0) is 55.2 Å². The van der Waals surface area contributed by atoms with Crippen LogP contribution in [0.1, 0.15) is 46.2 Å². The van der Waals surface area contributed by atoms with E-state index in [1.165, 1.54) is 12.1 Å². The van der Waals surface area contributed by atoms with Gasteiger partial charge in [0.1, 0.15) is 11.9 Å². The Balaban J connectivity index is 1.66. The van der Waals surface area contributed by atoms with Crippen molar-refractivity contribution in [2.75, 3.05) is 0 Å². The van der Waals surface area contributed by atoms with E-state index in [1.807, 2.05) is 23.7 Å². The van der Waals surface area contributed by atoms with Crippen LogP contribution in [-0.4, -0.2) is 29.9 Å². The van der Waals surface area contributed by atoms with Gasteiger partial charge in [-0.25, -0.2) is 18.1 Å². The number of carbonyl (C=O) groups excluding carboxylic acids is 1. The highest BCUT2D eigenvalue weighted by Gasteiger charge is 2.29. The molecule has 2 N–H and O–H groups in total. The Morgan fingerprint density at radius 1 is 1.19 bits per heavy atom. The van der Waals surface area contributed by atoms with Gasteiger partial charge in [0.25, 0.3) is 5.91 Å². The lowest BCUT2D eigenvalue weighted by molar-refractivity contribution is 0.0940. The number of carbonyl (C=O) groups is 1. The smallest absolute Gasteiger partial charge is 0.252 e. The van der Waals surface area contributed by atoms with Gasteiger partial charge in [0.2, 0.25) is 10.0 Å². The Morgan fingerprint density at radius 2 is 1.90 bits per heavy atom. The maximum Gasteiger partial charge on any atom is 0.252 e. The molecular weight excluding hydrogens is 436 g/mol. The van der Waals surface area contributed by atoms with Crippen molar-refractivity contribution in [3.05, 3.63) is 82.4 Å². The van der Waals surface area contributed by atoms with E-state index in [0.29, 0.717) is 22.0 Å². The summed E-state index contributed by atoms with van der Waals surface area (Å²) in [5, 5.41) is 3.59. The Morgan fingerprint density at radius 3 is 2.52 bits per heavy atom. The molecule has 3 aromatic rings. The zero-order chi connectivity index (χ0) is 22.2. The van der Waals surface area contributed by atoms with Gasteiger partial charge in [0.05, 0.1) is 4.90 Å². The molecule has 1 atom stereocenters. The third-order valence-electron chi connectivity index (χ3n) is 5.26. The number of sulfonamides is 1.